The Kier molecular flexibility index (Phi) is 16.9. The van der Waals surface area contributed by atoms with Crippen molar-refractivity contribution in [1.82, 2.24) is 10.6 Å². The van der Waals surface area contributed by atoms with Gasteiger partial charge in [0.05, 0.1) is 6.17 Å². The molecule has 2 aliphatic carbocycles. The largest absolute Gasteiger partial charge is 0.301 e. The molecule has 2 saturated carbocycles. The van der Waals surface area contributed by atoms with E-state index in [4.69, 9.17) is 0 Å². The molecule has 0 aromatic heterocycles. The smallest absolute Gasteiger partial charge is 0.0601 e. The van der Waals surface area contributed by atoms with Gasteiger partial charge < -0.3 is 10.6 Å². The monoisotopic (exact) mass is 517 g/mol. The second-order valence-corrected chi connectivity index (χ2v) is 13.8. The van der Waals surface area contributed by atoms with Crippen LogP contribution < -0.4 is 10.6 Å². The van der Waals surface area contributed by atoms with Crippen LogP contribution in [0.4, 0.5) is 0 Å². The Morgan fingerprint density at radius 2 is 0.865 bits per heavy atom. The van der Waals surface area contributed by atoms with Crippen molar-refractivity contribution < 1.29 is 0 Å². The lowest BCUT2D eigenvalue weighted by Crippen LogP contribution is -2.57. The summed E-state index contributed by atoms with van der Waals surface area (Å²) in [4.78, 5) is 0. The van der Waals surface area contributed by atoms with Crippen LogP contribution in [-0.4, -0.2) is 19.3 Å². The first kappa shape index (κ1) is 31.4. The first-order valence-electron chi connectivity index (χ1n) is 17.8. The van der Waals surface area contributed by atoms with Gasteiger partial charge in [-0.3, -0.25) is 0 Å². The Balaban J connectivity index is 1.17. The average molecular weight is 517 g/mol. The first-order valence-corrected chi connectivity index (χ1v) is 17.8. The molecule has 3 aliphatic rings. The van der Waals surface area contributed by atoms with Crippen molar-refractivity contribution >= 4 is 0 Å². The molecule has 218 valence electrons. The molecule has 0 spiro atoms. The van der Waals surface area contributed by atoms with Gasteiger partial charge in [-0.1, -0.05) is 136 Å². The molecular formula is C35H68N2. The van der Waals surface area contributed by atoms with E-state index in [-0.39, 0.29) is 0 Å². The van der Waals surface area contributed by atoms with Crippen molar-refractivity contribution in [3.8, 4) is 0 Å². The fraction of sp³-hybridized carbons (Fsp3) is 1.00. The number of hydrogen-bond acceptors (Lipinski definition) is 2. The molecule has 0 amide bonds. The highest BCUT2D eigenvalue weighted by Crippen LogP contribution is 2.49. The van der Waals surface area contributed by atoms with Gasteiger partial charge in [0.25, 0.3) is 0 Å². The summed E-state index contributed by atoms with van der Waals surface area (Å²) in [6.07, 6.45) is 37.5. The number of hydrogen-bond donors (Lipinski definition) is 2. The number of nitrogens with one attached hydrogen (secondary N) is 2. The van der Waals surface area contributed by atoms with Gasteiger partial charge in [0.15, 0.2) is 0 Å². The Labute approximate surface area is 233 Å². The molecule has 3 fully saturated rings. The van der Waals surface area contributed by atoms with Crippen LogP contribution in [0.2, 0.25) is 0 Å². The summed E-state index contributed by atoms with van der Waals surface area (Å²) in [6.45, 7) is 7.15. The van der Waals surface area contributed by atoms with Crippen molar-refractivity contribution in [3.05, 3.63) is 0 Å². The van der Waals surface area contributed by atoms with Crippen LogP contribution in [-0.2, 0) is 0 Å². The van der Waals surface area contributed by atoms with Crippen molar-refractivity contribution in [3.63, 3.8) is 0 Å². The van der Waals surface area contributed by atoms with E-state index in [2.05, 4.69) is 24.5 Å². The maximum atomic E-state index is 3.96. The van der Waals surface area contributed by atoms with Gasteiger partial charge in [-0.2, -0.15) is 0 Å². The lowest BCUT2D eigenvalue weighted by Gasteiger charge is -2.41. The molecule has 2 nitrogen and oxygen atoms in total. The highest BCUT2D eigenvalue weighted by atomic mass is 15.2. The zero-order valence-corrected chi connectivity index (χ0v) is 25.6. The number of fused-ring (bicyclic) bond motifs is 1. The molecule has 0 bridgehead atoms. The molecule has 0 aromatic carbocycles. The SMILES string of the molecule is CCCCCCCCCCCCCC1CC2CCC(C3NCC(CCCCCCCCC)CN3)CC2C1. The summed E-state index contributed by atoms with van der Waals surface area (Å²) in [6, 6.07) is 0. The summed E-state index contributed by atoms with van der Waals surface area (Å²) in [5.41, 5.74) is 0. The van der Waals surface area contributed by atoms with Crippen LogP contribution in [0.5, 0.6) is 0 Å². The molecule has 0 aromatic rings. The van der Waals surface area contributed by atoms with Gasteiger partial charge in [0.2, 0.25) is 0 Å². The fourth-order valence-electron chi connectivity index (χ4n) is 8.21. The van der Waals surface area contributed by atoms with Crippen molar-refractivity contribution in [1.29, 1.82) is 0 Å². The summed E-state index contributed by atoms with van der Waals surface area (Å²) >= 11 is 0. The summed E-state index contributed by atoms with van der Waals surface area (Å²) < 4.78 is 0. The fourth-order valence-corrected chi connectivity index (χ4v) is 8.21. The third-order valence-corrected chi connectivity index (χ3v) is 10.6. The van der Waals surface area contributed by atoms with Crippen molar-refractivity contribution in [2.24, 2.45) is 29.6 Å². The summed E-state index contributed by atoms with van der Waals surface area (Å²) in [5, 5.41) is 7.93. The van der Waals surface area contributed by atoms with E-state index in [1.165, 1.54) is 161 Å². The minimum Gasteiger partial charge on any atom is -0.301 e. The van der Waals surface area contributed by atoms with Crippen LogP contribution in [0.1, 0.15) is 174 Å². The van der Waals surface area contributed by atoms with Gasteiger partial charge in [0, 0.05) is 13.1 Å². The first-order chi connectivity index (χ1) is 18.3. The Bertz CT molecular complexity index is 525. The van der Waals surface area contributed by atoms with Crippen LogP contribution in [0.3, 0.4) is 0 Å². The van der Waals surface area contributed by atoms with Gasteiger partial charge in [-0.15, -0.1) is 0 Å². The van der Waals surface area contributed by atoms with Crippen LogP contribution >= 0.6 is 0 Å². The predicted molar refractivity (Wildman–Crippen MR) is 164 cm³/mol. The van der Waals surface area contributed by atoms with Crippen LogP contribution in [0.15, 0.2) is 0 Å². The minimum atomic E-state index is 0.608. The van der Waals surface area contributed by atoms with Crippen LogP contribution in [0, 0.1) is 29.6 Å². The van der Waals surface area contributed by atoms with Crippen molar-refractivity contribution in [2.75, 3.05) is 13.1 Å². The van der Waals surface area contributed by atoms with E-state index in [0.29, 0.717) is 6.17 Å². The third-order valence-electron chi connectivity index (χ3n) is 10.6. The highest BCUT2D eigenvalue weighted by molar-refractivity contribution is 4.93. The lowest BCUT2D eigenvalue weighted by atomic mass is 9.74. The summed E-state index contributed by atoms with van der Waals surface area (Å²) in [5.74, 6) is 4.94. The zero-order chi connectivity index (χ0) is 26.0. The van der Waals surface area contributed by atoms with E-state index >= 15 is 0 Å². The molecule has 0 radical (unpaired) electrons. The van der Waals surface area contributed by atoms with Crippen LogP contribution in [0.25, 0.3) is 0 Å². The maximum absolute atomic E-state index is 3.96. The van der Waals surface area contributed by atoms with E-state index < -0.39 is 0 Å². The number of unbranched alkanes of at least 4 members (excludes halogenated alkanes) is 16. The maximum Gasteiger partial charge on any atom is 0.0601 e. The van der Waals surface area contributed by atoms with Gasteiger partial charge in [-0.05, 0) is 68.1 Å². The predicted octanol–water partition coefficient (Wildman–Crippen LogP) is 10.4. The normalized spacial score (nSPS) is 30.0. The van der Waals surface area contributed by atoms with Gasteiger partial charge in [0.1, 0.15) is 0 Å². The van der Waals surface area contributed by atoms with E-state index in [1.807, 2.05) is 0 Å². The molecule has 4 atom stereocenters. The standard InChI is InChI=1S/C35H68N2/c1-3-5-7-9-11-12-13-14-16-17-19-21-30-25-32-23-24-33(27-34(32)26-30)35-36-28-31(29-37-35)22-20-18-15-10-8-6-4-2/h30-37H,3-29H2,1-2H3. The average Bonchev–Trinajstić information content (AvgIpc) is 3.33. The third kappa shape index (κ3) is 12.8. The summed E-state index contributed by atoms with van der Waals surface area (Å²) in [7, 11) is 0. The van der Waals surface area contributed by atoms with Gasteiger partial charge in [-0.25, -0.2) is 0 Å². The molecule has 2 heteroatoms. The highest BCUT2D eigenvalue weighted by Gasteiger charge is 2.40. The Morgan fingerprint density at radius 3 is 1.41 bits per heavy atom. The molecule has 1 aliphatic heterocycles. The molecular weight excluding hydrogens is 448 g/mol. The molecule has 37 heavy (non-hydrogen) atoms. The number of rotatable bonds is 21. The topological polar surface area (TPSA) is 24.1 Å². The Morgan fingerprint density at radius 1 is 0.432 bits per heavy atom. The van der Waals surface area contributed by atoms with E-state index in [0.717, 1.165) is 29.6 Å². The Hall–Kier alpha value is -0.0800. The second kappa shape index (κ2) is 19.9. The second-order valence-electron chi connectivity index (χ2n) is 13.8. The molecule has 1 saturated heterocycles. The van der Waals surface area contributed by atoms with Crippen molar-refractivity contribution in [2.45, 2.75) is 181 Å². The quantitative estimate of drug-likeness (QED) is 0.148. The minimum absolute atomic E-state index is 0.608. The lowest BCUT2D eigenvalue weighted by molar-refractivity contribution is 0.131. The van der Waals surface area contributed by atoms with Gasteiger partial charge >= 0.3 is 0 Å². The molecule has 2 N–H and O–H groups in total. The zero-order valence-electron chi connectivity index (χ0n) is 25.6. The van der Waals surface area contributed by atoms with E-state index in [9.17, 15) is 0 Å². The van der Waals surface area contributed by atoms with E-state index in [1.54, 1.807) is 12.8 Å². The molecule has 4 unspecified atom stereocenters. The molecule has 1 heterocycles. The molecule has 3 rings (SSSR count).